The van der Waals surface area contributed by atoms with Crippen LogP contribution in [0.2, 0.25) is 0 Å². The first-order chi connectivity index (χ1) is 12.1. The van der Waals surface area contributed by atoms with Crippen LogP contribution in [0.5, 0.6) is 0 Å². The number of nitrogens with one attached hydrogen (secondary N) is 2. The molecule has 0 aliphatic carbocycles. The van der Waals surface area contributed by atoms with Crippen molar-refractivity contribution >= 4 is 28.9 Å². The van der Waals surface area contributed by atoms with E-state index in [1.807, 2.05) is 24.3 Å². The van der Waals surface area contributed by atoms with Gasteiger partial charge in [-0.3, -0.25) is 14.9 Å². The number of fused-ring (bicyclic) bond motifs is 1. The topological polar surface area (TPSA) is 105 Å². The lowest BCUT2D eigenvalue weighted by Crippen LogP contribution is -2.43. The van der Waals surface area contributed by atoms with E-state index < -0.39 is 18.0 Å². The van der Waals surface area contributed by atoms with Crippen LogP contribution in [0.1, 0.15) is 31.1 Å². The quantitative estimate of drug-likeness (QED) is 0.814. The van der Waals surface area contributed by atoms with Crippen LogP contribution in [0.25, 0.3) is 11.1 Å². The van der Waals surface area contributed by atoms with Crippen molar-refractivity contribution in [1.82, 2.24) is 20.5 Å². The zero-order chi connectivity index (χ0) is 17.4. The Morgan fingerprint density at radius 2 is 2.16 bits per heavy atom. The summed E-state index contributed by atoms with van der Waals surface area (Å²) in [5, 5.41) is 4.60. The Morgan fingerprint density at radius 3 is 2.92 bits per heavy atom. The van der Waals surface area contributed by atoms with Crippen molar-refractivity contribution in [2.75, 3.05) is 13.1 Å². The molecule has 0 unspecified atom stereocenters. The summed E-state index contributed by atoms with van der Waals surface area (Å²) in [5.41, 5.74) is 1.55. The molecule has 2 fully saturated rings. The van der Waals surface area contributed by atoms with E-state index in [9.17, 15) is 14.4 Å². The summed E-state index contributed by atoms with van der Waals surface area (Å²) in [7, 11) is 0. The Kier molecular flexibility index (Phi) is 3.87. The summed E-state index contributed by atoms with van der Waals surface area (Å²) >= 11 is 0. The molecule has 4 amide bonds. The molecule has 1 aromatic heterocycles. The van der Waals surface area contributed by atoms with E-state index in [1.165, 1.54) is 0 Å². The highest BCUT2D eigenvalue weighted by atomic mass is 16.3. The number of rotatable bonds is 3. The fourth-order valence-electron chi connectivity index (χ4n) is 3.38. The molecule has 0 saturated carbocycles. The van der Waals surface area contributed by atoms with E-state index in [0.29, 0.717) is 19.0 Å². The average molecular weight is 342 g/mol. The maximum absolute atomic E-state index is 12.5. The molecular formula is C17H18N4O4. The third-order valence-electron chi connectivity index (χ3n) is 4.67. The normalized spacial score (nSPS) is 23.6. The smallest absolute Gasteiger partial charge is 0.322 e. The van der Waals surface area contributed by atoms with Gasteiger partial charge in [-0.25, -0.2) is 9.78 Å². The van der Waals surface area contributed by atoms with Crippen LogP contribution in [-0.2, 0) is 9.59 Å². The highest BCUT2D eigenvalue weighted by Crippen LogP contribution is 2.29. The van der Waals surface area contributed by atoms with E-state index in [1.54, 1.807) is 4.90 Å². The molecule has 25 heavy (non-hydrogen) atoms. The Labute approximate surface area is 143 Å². The summed E-state index contributed by atoms with van der Waals surface area (Å²) in [5.74, 6) is 0.0803. The zero-order valence-corrected chi connectivity index (χ0v) is 13.5. The molecule has 3 heterocycles. The number of hydrogen-bond donors (Lipinski definition) is 2. The number of likely N-dealkylation sites (tertiary alicyclic amines) is 1. The van der Waals surface area contributed by atoms with Crippen molar-refractivity contribution < 1.29 is 18.8 Å². The molecule has 8 nitrogen and oxygen atoms in total. The molecule has 130 valence electrons. The number of nitrogens with zero attached hydrogens (tertiary/aromatic N) is 2. The number of imide groups is 1. The maximum atomic E-state index is 12.5. The van der Waals surface area contributed by atoms with Gasteiger partial charge in [0.05, 0.1) is 12.3 Å². The molecule has 2 aromatic rings. The fourth-order valence-corrected chi connectivity index (χ4v) is 3.38. The number of oxazole rings is 1. The summed E-state index contributed by atoms with van der Waals surface area (Å²) in [4.78, 5) is 41.5. The van der Waals surface area contributed by atoms with Gasteiger partial charge in [0.15, 0.2) is 11.5 Å². The van der Waals surface area contributed by atoms with Crippen LogP contribution in [-0.4, -0.2) is 46.9 Å². The van der Waals surface area contributed by atoms with Gasteiger partial charge in [0, 0.05) is 13.1 Å². The molecule has 0 spiro atoms. The highest BCUT2D eigenvalue weighted by Gasteiger charge is 2.34. The summed E-state index contributed by atoms with van der Waals surface area (Å²) in [6, 6.07) is 6.24. The molecular weight excluding hydrogens is 324 g/mol. The van der Waals surface area contributed by atoms with Crippen LogP contribution >= 0.6 is 0 Å². The van der Waals surface area contributed by atoms with Crippen LogP contribution in [0.4, 0.5) is 4.79 Å². The van der Waals surface area contributed by atoms with Crippen molar-refractivity contribution in [1.29, 1.82) is 0 Å². The van der Waals surface area contributed by atoms with Gasteiger partial charge >= 0.3 is 6.03 Å². The van der Waals surface area contributed by atoms with Crippen molar-refractivity contribution in [3.05, 3.63) is 30.2 Å². The SMILES string of the molecule is O=C1NC(=O)[C@@H](CC(=O)N2CCC[C@@H](c3nc4ccccc4o3)C2)N1. The molecule has 2 N–H and O–H groups in total. The second-order valence-corrected chi connectivity index (χ2v) is 6.42. The highest BCUT2D eigenvalue weighted by molar-refractivity contribution is 6.05. The monoisotopic (exact) mass is 342 g/mol. The lowest BCUT2D eigenvalue weighted by Gasteiger charge is -2.31. The number of carbonyl (C=O) groups is 3. The zero-order valence-electron chi connectivity index (χ0n) is 13.5. The van der Waals surface area contributed by atoms with E-state index in [0.717, 1.165) is 23.9 Å². The largest absolute Gasteiger partial charge is 0.440 e. The Hall–Kier alpha value is -2.90. The standard InChI is InChI=1S/C17H18N4O4/c22-14(8-12-15(23)20-17(24)19-12)21-7-3-4-10(9-21)16-18-11-5-1-2-6-13(11)25-16/h1-2,5-6,10,12H,3-4,7-9H2,(H2,19,20,23,24)/t10-,12-/m1/s1. The molecule has 2 saturated heterocycles. The summed E-state index contributed by atoms with van der Waals surface area (Å²) < 4.78 is 5.83. The third kappa shape index (κ3) is 3.07. The molecule has 2 aliphatic rings. The van der Waals surface area contributed by atoms with Gasteiger partial charge in [0.1, 0.15) is 11.6 Å². The second-order valence-electron chi connectivity index (χ2n) is 6.42. The molecule has 8 heteroatoms. The number of para-hydroxylation sites is 2. The average Bonchev–Trinajstić information content (AvgIpc) is 3.18. The van der Waals surface area contributed by atoms with Gasteiger partial charge in [-0.2, -0.15) is 0 Å². The minimum atomic E-state index is -0.787. The first kappa shape index (κ1) is 15.6. The number of piperidine rings is 1. The minimum Gasteiger partial charge on any atom is -0.440 e. The minimum absolute atomic E-state index is 0.0299. The molecule has 2 aliphatic heterocycles. The van der Waals surface area contributed by atoms with Gasteiger partial charge < -0.3 is 14.6 Å². The predicted molar refractivity (Wildman–Crippen MR) is 87.6 cm³/mol. The molecule has 2 atom stereocenters. The molecule has 0 bridgehead atoms. The van der Waals surface area contributed by atoms with Crippen LogP contribution < -0.4 is 10.6 Å². The number of hydrogen-bond acceptors (Lipinski definition) is 5. The van der Waals surface area contributed by atoms with Crippen molar-refractivity contribution in [3.8, 4) is 0 Å². The second kappa shape index (κ2) is 6.19. The van der Waals surface area contributed by atoms with Gasteiger partial charge in [-0.15, -0.1) is 0 Å². The molecule has 4 rings (SSSR count). The number of aromatic nitrogens is 1. The number of carbonyl (C=O) groups excluding carboxylic acids is 3. The van der Waals surface area contributed by atoms with Crippen molar-refractivity contribution in [2.24, 2.45) is 0 Å². The van der Waals surface area contributed by atoms with Crippen molar-refractivity contribution in [2.45, 2.75) is 31.2 Å². The Bertz CT molecular complexity index is 813. The van der Waals surface area contributed by atoms with Crippen LogP contribution in [0.3, 0.4) is 0 Å². The van der Waals surface area contributed by atoms with E-state index in [-0.39, 0.29) is 18.2 Å². The van der Waals surface area contributed by atoms with E-state index in [4.69, 9.17) is 4.42 Å². The maximum Gasteiger partial charge on any atom is 0.322 e. The van der Waals surface area contributed by atoms with Crippen LogP contribution in [0, 0.1) is 0 Å². The Morgan fingerprint density at radius 1 is 1.32 bits per heavy atom. The van der Waals surface area contributed by atoms with Gasteiger partial charge in [0.25, 0.3) is 5.91 Å². The van der Waals surface area contributed by atoms with Crippen LogP contribution in [0.15, 0.2) is 28.7 Å². The summed E-state index contributed by atoms with van der Waals surface area (Å²) in [6.45, 7) is 1.14. The summed E-state index contributed by atoms with van der Waals surface area (Å²) in [6.07, 6.45) is 1.72. The first-order valence-corrected chi connectivity index (χ1v) is 8.35. The Balaban J connectivity index is 1.44. The van der Waals surface area contributed by atoms with Crippen molar-refractivity contribution in [3.63, 3.8) is 0 Å². The molecule has 0 radical (unpaired) electrons. The number of urea groups is 1. The molecule has 1 aromatic carbocycles. The fraction of sp³-hybridized carbons (Fsp3) is 0.412. The number of benzene rings is 1. The third-order valence-corrected chi connectivity index (χ3v) is 4.67. The van der Waals surface area contributed by atoms with Gasteiger partial charge in [-0.1, -0.05) is 12.1 Å². The number of amides is 4. The van der Waals surface area contributed by atoms with Gasteiger partial charge in [-0.05, 0) is 25.0 Å². The van der Waals surface area contributed by atoms with E-state index >= 15 is 0 Å². The van der Waals surface area contributed by atoms with Gasteiger partial charge in [0.2, 0.25) is 5.91 Å². The first-order valence-electron chi connectivity index (χ1n) is 8.35. The van der Waals surface area contributed by atoms with E-state index in [2.05, 4.69) is 15.6 Å². The lowest BCUT2D eigenvalue weighted by atomic mass is 9.97. The lowest BCUT2D eigenvalue weighted by molar-refractivity contribution is -0.135. The predicted octanol–water partition coefficient (Wildman–Crippen LogP) is 1.13.